The molecule has 0 aliphatic heterocycles. The van der Waals surface area contributed by atoms with Crippen LogP contribution in [-0.4, -0.2) is 31.1 Å². The molecule has 0 spiro atoms. The minimum Gasteiger partial charge on any atom is -0.435 e. The lowest BCUT2D eigenvalue weighted by Crippen LogP contribution is -2.46. The highest BCUT2D eigenvalue weighted by Crippen LogP contribution is 2.11. The number of ether oxygens (including phenoxy) is 1. The number of hydrazine groups is 1. The number of halogens is 2. The van der Waals surface area contributed by atoms with E-state index in [4.69, 9.17) is 4.74 Å². The van der Waals surface area contributed by atoms with E-state index in [2.05, 4.69) is 11.8 Å². The largest absolute Gasteiger partial charge is 0.435 e. The zero-order chi connectivity index (χ0) is 20.4. The molecule has 2 aromatic rings. The summed E-state index contributed by atoms with van der Waals surface area (Å²) in [4.78, 5) is 34.7. The molecule has 2 rings (SSSR count). The predicted octanol–water partition coefficient (Wildman–Crippen LogP) is 1.50. The number of hydrogen-bond donors (Lipinski definition) is 3. The fourth-order valence-electron chi connectivity index (χ4n) is 1.93. The molecule has 0 unspecified atom stereocenters. The van der Waals surface area contributed by atoms with Gasteiger partial charge in [0.2, 0.25) is 0 Å². The Morgan fingerprint density at radius 3 is 2.29 bits per heavy atom. The molecule has 2 aromatic carbocycles. The van der Waals surface area contributed by atoms with Crippen molar-refractivity contribution in [3.8, 4) is 11.8 Å². The molecule has 7 nitrogen and oxygen atoms in total. The van der Waals surface area contributed by atoms with Crippen molar-refractivity contribution in [2.75, 3.05) is 13.2 Å². The van der Waals surface area contributed by atoms with E-state index in [1.54, 1.807) is 12.1 Å². The summed E-state index contributed by atoms with van der Waals surface area (Å²) in [5.41, 5.74) is 3.85. The van der Waals surface area contributed by atoms with Crippen molar-refractivity contribution in [2.24, 2.45) is 0 Å². The number of carbonyl (C=O) groups is 3. The highest BCUT2D eigenvalue weighted by molar-refractivity contribution is 5.97. The standard InChI is InChI=1S/C19H15F2N3O4/c20-14-9-4-10-15(21)17(14)18(26)22-12-16(25)23-24-19(27)28-11-5-8-13-6-2-1-3-7-13/h1-4,6-7,9-10H,11-12H2,(H,22,26)(H,23,25)(H,24,27). The molecule has 0 saturated heterocycles. The molecule has 0 radical (unpaired) electrons. The van der Waals surface area contributed by atoms with Gasteiger partial charge < -0.3 is 10.1 Å². The van der Waals surface area contributed by atoms with Gasteiger partial charge in [-0.3, -0.25) is 15.0 Å². The third-order valence-electron chi connectivity index (χ3n) is 3.19. The normalized spacial score (nSPS) is 9.50. The summed E-state index contributed by atoms with van der Waals surface area (Å²) in [7, 11) is 0. The minimum absolute atomic E-state index is 0.208. The van der Waals surface area contributed by atoms with Crippen LogP contribution in [0, 0.1) is 23.5 Å². The van der Waals surface area contributed by atoms with Gasteiger partial charge in [0, 0.05) is 5.56 Å². The van der Waals surface area contributed by atoms with Crippen LogP contribution in [0.5, 0.6) is 0 Å². The Hall–Kier alpha value is -3.93. The average Bonchev–Trinajstić information content (AvgIpc) is 2.68. The van der Waals surface area contributed by atoms with E-state index in [0.29, 0.717) is 0 Å². The van der Waals surface area contributed by atoms with Gasteiger partial charge in [-0.2, -0.15) is 0 Å². The lowest BCUT2D eigenvalue weighted by atomic mass is 10.2. The van der Waals surface area contributed by atoms with Gasteiger partial charge in [-0.1, -0.05) is 36.1 Å². The maximum atomic E-state index is 13.4. The molecule has 0 saturated carbocycles. The Bertz CT molecular complexity index is 904. The van der Waals surface area contributed by atoms with Gasteiger partial charge in [-0.25, -0.2) is 19.0 Å². The Kier molecular flexibility index (Phi) is 7.48. The third kappa shape index (κ3) is 6.42. The van der Waals surface area contributed by atoms with Gasteiger partial charge in [0.1, 0.15) is 17.2 Å². The summed E-state index contributed by atoms with van der Waals surface area (Å²) < 4.78 is 31.6. The Morgan fingerprint density at radius 1 is 0.929 bits per heavy atom. The molecule has 0 atom stereocenters. The van der Waals surface area contributed by atoms with Crippen molar-refractivity contribution in [3.63, 3.8) is 0 Å². The SMILES string of the molecule is O=C(CNC(=O)c1c(F)cccc1F)NNC(=O)OCC#Cc1ccccc1. The fraction of sp³-hybridized carbons (Fsp3) is 0.105. The molecule has 9 heteroatoms. The van der Waals surface area contributed by atoms with Crippen LogP contribution >= 0.6 is 0 Å². The zero-order valence-corrected chi connectivity index (χ0v) is 14.4. The molecule has 0 heterocycles. The van der Waals surface area contributed by atoms with E-state index in [1.165, 1.54) is 0 Å². The van der Waals surface area contributed by atoms with Crippen LogP contribution in [0.15, 0.2) is 48.5 Å². The highest BCUT2D eigenvalue weighted by Gasteiger charge is 2.17. The molecule has 0 fully saturated rings. The number of nitrogens with one attached hydrogen (secondary N) is 3. The van der Waals surface area contributed by atoms with Crippen LogP contribution in [0.2, 0.25) is 0 Å². The molecule has 0 bridgehead atoms. The predicted molar refractivity (Wildman–Crippen MR) is 94.6 cm³/mol. The Labute approximate surface area is 159 Å². The maximum Gasteiger partial charge on any atom is 0.426 e. The monoisotopic (exact) mass is 387 g/mol. The summed E-state index contributed by atoms with van der Waals surface area (Å²) in [6, 6.07) is 12.0. The van der Waals surface area contributed by atoms with Crippen molar-refractivity contribution in [2.45, 2.75) is 0 Å². The number of carbonyl (C=O) groups excluding carboxylic acids is 3. The maximum absolute atomic E-state index is 13.4. The first-order chi connectivity index (χ1) is 13.5. The third-order valence-corrected chi connectivity index (χ3v) is 3.19. The van der Waals surface area contributed by atoms with Crippen molar-refractivity contribution in [1.29, 1.82) is 0 Å². The fourth-order valence-corrected chi connectivity index (χ4v) is 1.93. The summed E-state index contributed by atoms with van der Waals surface area (Å²) in [5, 5.41) is 2.03. The number of rotatable bonds is 4. The molecule has 0 aromatic heterocycles. The van der Waals surface area contributed by atoms with Crippen LogP contribution in [0.1, 0.15) is 15.9 Å². The molecule has 3 N–H and O–H groups in total. The smallest absolute Gasteiger partial charge is 0.426 e. The van der Waals surface area contributed by atoms with E-state index in [9.17, 15) is 23.2 Å². The van der Waals surface area contributed by atoms with Crippen LogP contribution in [0.4, 0.5) is 13.6 Å². The second-order valence-corrected chi connectivity index (χ2v) is 5.20. The molecule has 3 amide bonds. The summed E-state index contributed by atoms with van der Waals surface area (Å²) in [5.74, 6) is 1.33. The topological polar surface area (TPSA) is 96.5 Å². The zero-order valence-electron chi connectivity index (χ0n) is 14.4. The second kappa shape index (κ2) is 10.3. The lowest BCUT2D eigenvalue weighted by molar-refractivity contribution is -0.121. The Morgan fingerprint density at radius 2 is 1.61 bits per heavy atom. The van der Waals surface area contributed by atoms with Crippen LogP contribution in [-0.2, 0) is 9.53 Å². The van der Waals surface area contributed by atoms with Gasteiger partial charge >= 0.3 is 6.09 Å². The Balaban J connectivity index is 1.68. The van der Waals surface area contributed by atoms with Crippen molar-refractivity contribution in [3.05, 3.63) is 71.3 Å². The molecular formula is C19H15F2N3O4. The van der Waals surface area contributed by atoms with Crippen LogP contribution in [0.3, 0.4) is 0 Å². The summed E-state index contributed by atoms with van der Waals surface area (Å²) in [6.07, 6.45) is -0.970. The van der Waals surface area contributed by atoms with Gasteiger partial charge in [0.15, 0.2) is 6.61 Å². The number of hydrogen-bond acceptors (Lipinski definition) is 4. The van der Waals surface area contributed by atoms with Crippen molar-refractivity contribution < 1.29 is 27.9 Å². The molecule has 0 aliphatic rings. The molecule has 144 valence electrons. The first kappa shape index (κ1) is 20.4. The van der Waals surface area contributed by atoms with Crippen LogP contribution < -0.4 is 16.2 Å². The first-order valence-corrected chi connectivity index (χ1v) is 7.95. The van der Waals surface area contributed by atoms with E-state index in [0.717, 1.165) is 23.8 Å². The van der Waals surface area contributed by atoms with Gasteiger partial charge in [0.05, 0.1) is 6.54 Å². The van der Waals surface area contributed by atoms with E-state index >= 15 is 0 Å². The summed E-state index contributed by atoms with van der Waals surface area (Å²) >= 11 is 0. The van der Waals surface area contributed by atoms with E-state index in [1.807, 2.05) is 34.4 Å². The highest BCUT2D eigenvalue weighted by atomic mass is 19.1. The van der Waals surface area contributed by atoms with Crippen molar-refractivity contribution >= 4 is 17.9 Å². The number of amides is 3. The first-order valence-electron chi connectivity index (χ1n) is 7.95. The molecular weight excluding hydrogens is 372 g/mol. The minimum atomic E-state index is -1.11. The molecule has 28 heavy (non-hydrogen) atoms. The second-order valence-electron chi connectivity index (χ2n) is 5.20. The molecule has 0 aliphatic carbocycles. The average molecular weight is 387 g/mol. The number of benzene rings is 2. The van der Waals surface area contributed by atoms with Gasteiger partial charge in [-0.15, -0.1) is 0 Å². The van der Waals surface area contributed by atoms with E-state index in [-0.39, 0.29) is 6.61 Å². The van der Waals surface area contributed by atoms with Gasteiger partial charge in [-0.05, 0) is 24.3 Å². The van der Waals surface area contributed by atoms with E-state index < -0.39 is 41.7 Å². The van der Waals surface area contributed by atoms with Crippen molar-refractivity contribution in [1.82, 2.24) is 16.2 Å². The lowest BCUT2D eigenvalue weighted by Gasteiger charge is -2.08. The van der Waals surface area contributed by atoms with Gasteiger partial charge in [0.25, 0.3) is 11.8 Å². The quantitative estimate of drug-likeness (QED) is 0.547. The summed E-state index contributed by atoms with van der Waals surface area (Å²) in [6.45, 7) is -0.833. The van der Waals surface area contributed by atoms with Crippen LogP contribution in [0.25, 0.3) is 0 Å².